The van der Waals surface area contributed by atoms with Crippen LogP contribution in [-0.2, 0) is 14.9 Å². The summed E-state index contributed by atoms with van der Waals surface area (Å²) in [5.74, 6) is -0.859. The Morgan fingerprint density at radius 1 is 1.30 bits per heavy atom. The maximum Gasteiger partial charge on any atom is 0.414 e. The van der Waals surface area contributed by atoms with Gasteiger partial charge in [-0.15, -0.1) is 0 Å². The molecular formula is C19H17FN4O3. The fourth-order valence-electron chi connectivity index (χ4n) is 3.36. The van der Waals surface area contributed by atoms with Crippen LogP contribution in [-0.4, -0.2) is 31.2 Å². The molecule has 2 amide bonds. The van der Waals surface area contributed by atoms with Crippen molar-refractivity contribution in [3.63, 3.8) is 0 Å². The van der Waals surface area contributed by atoms with Gasteiger partial charge in [0, 0.05) is 5.56 Å². The van der Waals surface area contributed by atoms with Crippen molar-refractivity contribution in [2.45, 2.75) is 37.2 Å². The van der Waals surface area contributed by atoms with Gasteiger partial charge in [0.05, 0.1) is 36.3 Å². The van der Waals surface area contributed by atoms with E-state index in [1.807, 2.05) is 6.07 Å². The molecule has 4 rings (SSSR count). The van der Waals surface area contributed by atoms with E-state index in [-0.39, 0.29) is 19.0 Å². The third-order valence-electron chi connectivity index (χ3n) is 5.51. The third-order valence-corrected chi connectivity index (χ3v) is 5.51. The molecule has 3 aliphatic rings. The maximum absolute atomic E-state index is 14.5. The zero-order valence-electron chi connectivity index (χ0n) is 14.5. The van der Waals surface area contributed by atoms with Gasteiger partial charge < -0.3 is 10.1 Å². The lowest BCUT2D eigenvalue weighted by atomic mass is 9.97. The second kappa shape index (κ2) is 5.95. The van der Waals surface area contributed by atoms with Crippen molar-refractivity contribution in [2.75, 3.05) is 18.0 Å². The average Bonchev–Trinajstić information content (AvgIpc) is 3.58. The van der Waals surface area contributed by atoms with Gasteiger partial charge in [0.1, 0.15) is 17.3 Å². The number of hydrogen-bond acceptors (Lipinski definition) is 5. The first kappa shape index (κ1) is 17.3. The van der Waals surface area contributed by atoms with Crippen molar-refractivity contribution in [1.82, 2.24) is 5.32 Å². The number of hydrogen-bond donors (Lipinski definition) is 1. The SMILES string of the molecule is N#CC1(C(=O)NCC2CN(c3ccc(C4(C#N)CC4)c(F)c3)C(=O)O2)CC1. The quantitative estimate of drug-likeness (QED) is 0.857. The number of cyclic esters (lactones) is 1. The molecular weight excluding hydrogens is 351 g/mol. The Morgan fingerprint density at radius 3 is 2.59 bits per heavy atom. The van der Waals surface area contributed by atoms with Crippen molar-refractivity contribution >= 4 is 17.7 Å². The van der Waals surface area contributed by atoms with E-state index >= 15 is 0 Å². The van der Waals surface area contributed by atoms with Crippen LogP contribution in [0.25, 0.3) is 0 Å². The molecule has 1 N–H and O–H groups in total. The fourth-order valence-corrected chi connectivity index (χ4v) is 3.36. The first-order chi connectivity index (χ1) is 12.9. The van der Waals surface area contributed by atoms with Gasteiger partial charge >= 0.3 is 6.09 Å². The van der Waals surface area contributed by atoms with Crippen LogP contribution < -0.4 is 10.2 Å². The summed E-state index contributed by atoms with van der Waals surface area (Å²) in [5.41, 5.74) is -0.961. The van der Waals surface area contributed by atoms with Crippen LogP contribution in [0, 0.1) is 33.9 Å². The minimum atomic E-state index is -0.930. The number of amides is 2. The highest BCUT2D eigenvalue weighted by Gasteiger charge is 2.51. The summed E-state index contributed by atoms with van der Waals surface area (Å²) in [5, 5.41) is 20.9. The molecule has 1 unspecified atom stereocenters. The Morgan fingerprint density at radius 2 is 2.04 bits per heavy atom. The highest BCUT2D eigenvalue weighted by molar-refractivity contribution is 5.90. The molecule has 7 nitrogen and oxygen atoms in total. The Hall–Kier alpha value is -3.13. The van der Waals surface area contributed by atoms with E-state index in [1.54, 1.807) is 12.1 Å². The van der Waals surface area contributed by atoms with Gasteiger partial charge in [-0.3, -0.25) is 9.69 Å². The molecule has 8 heteroatoms. The van der Waals surface area contributed by atoms with Crippen LogP contribution in [0.15, 0.2) is 18.2 Å². The van der Waals surface area contributed by atoms with Gasteiger partial charge in [0.25, 0.3) is 0 Å². The molecule has 1 saturated heterocycles. The number of carbonyl (C=O) groups excluding carboxylic acids is 2. The van der Waals surface area contributed by atoms with Gasteiger partial charge in [0.2, 0.25) is 5.91 Å². The minimum absolute atomic E-state index is 0.0998. The summed E-state index contributed by atoms with van der Waals surface area (Å²) in [6.45, 7) is 0.267. The van der Waals surface area contributed by atoms with E-state index in [1.165, 1.54) is 11.0 Å². The fraction of sp³-hybridized carbons (Fsp3) is 0.474. The molecule has 27 heavy (non-hydrogen) atoms. The van der Waals surface area contributed by atoms with E-state index < -0.39 is 28.8 Å². The van der Waals surface area contributed by atoms with Crippen LogP contribution in [0.2, 0.25) is 0 Å². The lowest BCUT2D eigenvalue weighted by molar-refractivity contribution is -0.124. The first-order valence-electron chi connectivity index (χ1n) is 8.82. The summed E-state index contributed by atoms with van der Waals surface area (Å²) < 4.78 is 19.7. The number of halogens is 1. The molecule has 0 aromatic heterocycles. The number of rotatable bonds is 5. The Kier molecular flexibility index (Phi) is 3.81. The zero-order chi connectivity index (χ0) is 19.2. The van der Waals surface area contributed by atoms with Crippen molar-refractivity contribution in [1.29, 1.82) is 10.5 Å². The lowest BCUT2D eigenvalue weighted by Crippen LogP contribution is -2.38. The Bertz CT molecular complexity index is 909. The monoisotopic (exact) mass is 368 g/mol. The summed E-state index contributed by atoms with van der Waals surface area (Å²) in [4.78, 5) is 25.4. The van der Waals surface area contributed by atoms with Gasteiger partial charge in [-0.1, -0.05) is 6.07 Å². The molecule has 0 spiro atoms. The number of carbonyl (C=O) groups is 2. The predicted molar refractivity (Wildman–Crippen MR) is 90.8 cm³/mol. The lowest BCUT2D eigenvalue weighted by Gasteiger charge is -2.16. The molecule has 1 heterocycles. The van der Waals surface area contributed by atoms with Gasteiger partial charge in [0.15, 0.2) is 0 Å². The molecule has 1 aromatic carbocycles. The van der Waals surface area contributed by atoms with Crippen LogP contribution in [0.4, 0.5) is 14.9 Å². The number of nitriles is 2. The molecule has 0 radical (unpaired) electrons. The van der Waals surface area contributed by atoms with Crippen molar-refractivity contribution < 1.29 is 18.7 Å². The normalized spacial score (nSPS) is 23.7. The average molecular weight is 368 g/mol. The summed E-state index contributed by atoms with van der Waals surface area (Å²) in [6.07, 6.45) is 1.16. The Labute approximate surface area is 155 Å². The van der Waals surface area contributed by atoms with E-state index in [9.17, 15) is 19.2 Å². The topological polar surface area (TPSA) is 106 Å². The predicted octanol–water partition coefficient (Wildman–Crippen LogP) is 2.13. The molecule has 1 aromatic rings. The smallest absolute Gasteiger partial charge is 0.414 e. The number of ether oxygens (including phenoxy) is 1. The number of anilines is 1. The number of benzene rings is 1. The van der Waals surface area contributed by atoms with E-state index in [2.05, 4.69) is 11.4 Å². The van der Waals surface area contributed by atoms with Gasteiger partial charge in [-0.25, -0.2) is 9.18 Å². The largest absolute Gasteiger partial charge is 0.442 e. The molecule has 1 aliphatic heterocycles. The molecule has 2 saturated carbocycles. The summed E-state index contributed by atoms with van der Waals surface area (Å²) >= 11 is 0. The molecule has 3 fully saturated rings. The maximum atomic E-state index is 14.5. The molecule has 138 valence electrons. The highest BCUT2D eigenvalue weighted by Crippen LogP contribution is 2.49. The van der Waals surface area contributed by atoms with E-state index in [0.29, 0.717) is 36.9 Å². The summed E-state index contributed by atoms with van der Waals surface area (Å²) in [7, 11) is 0. The van der Waals surface area contributed by atoms with Crippen molar-refractivity contribution in [3.8, 4) is 12.1 Å². The van der Waals surface area contributed by atoms with Gasteiger partial charge in [-0.2, -0.15) is 10.5 Å². The van der Waals surface area contributed by atoms with E-state index in [0.717, 1.165) is 0 Å². The van der Waals surface area contributed by atoms with Gasteiger partial charge in [-0.05, 0) is 37.8 Å². The van der Waals surface area contributed by atoms with Crippen molar-refractivity contribution in [2.24, 2.45) is 5.41 Å². The highest BCUT2D eigenvalue weighted by atomic mass is 19.1. The second-order valence-electron chi connectivity index (χ2n) is 7.38. The van der Waals surface area contributed by atoms with Crippen LogP contribution >= 0.6 is 0 Å². The van der Waals surface area contributed by atoms with E-state index in [4.69, 9.17) is 10.00 Å². The standard InChI is InChI=1S/C19H17FN4O3/c20-15-7-12(1-2-14(15)18(10-21)3-4-18)24-9-13(27-17(24)26)8-23-16(25)19(11-22)5-6-19/h1-2,7,13H,3-6,8-9H2,(H,23,25). The molecule has 0 bridgehead atoms. The molecule has 2 aliphatic carbocycles. The number of nitrogens with one attached hydrogen (secondary N) is 1. The van der Waals surface area contributed by atoms with Crippen LogP contribution in [0.3, 0.4) is 0 Å². The van der Waals surface area contributed by atoms with Crippen LogP contribution in [0.5, 0.6) is 0 Å². The van der Waals surface area contributed by atoms with Crippen molar-refractivity contribution in [3.05, 3.63) is 29.6 Å². The Balaban J connectivity index is 1.41. The molecule has 1 atom stereocenters. The summed E-state index contributed by atoms with van der Waals surface area (Å²) in [6, 6.07) is 8.56. The second-order valence-corrected chi connectivity index (χ2v) is 7.38. The number of nitrogens with zero attached hydrogens (tertiary/aromatic N) is 3. The first-order valence-corrected chi connectivity index (χ1v) is 8.82. The third kappa shape index (κ3) is 2.87. The van der Waals surface area contributed by atoms with Crippen LogP contribution in [0.1, 0.15) is 31.2 Å². The minimum Gasteiger partial charge on any atom is -0.442 e. The zero-order valence-corrected chi connectivity index (χ0v) is 14.5.